The van der Waals surface area contributed by atoms with Crippen LogP contribution in [0.15, 0.2) is 42.6 Å². The van der Waals surface area contributed by atoms with Gasteiger partial charge in [-0.25, -0.2) is 4.98 Å². The quantitative estimate of drug-likeness (QED) is 0.588. The Morgan fingerprint density at radius 3 is 2.42 bits per heavy atom. The third-order valence-electron chi connectivity index (χ3n) is 7.14. The van der Waals surface area contributed by atoms with E-state index in [4.69, 9.17) is 0 Å². The predicted molar refractivity (Wildman–Crippen MR) is 136 cm³/mol. The molecule has 2 saturated heterocycles. The molecule has 4 rings (SSSR count). The van der Waals surface area contributed by atoms with Gasteiger partial charge in [0.15, 0.2) is 0 Å². The van der Waals surface area contributed by atoms with Crippen molar-refractivity contribution >= 4 is 17.4 Å². The average Bonchev–Trinajstić information content (AvgIpc) is 3.10. The van der Waals surface area contributed by atoms with Gasteiger partial charge < -0.3 is 20.0 Å². The highest BCUT2D eigenvalue weighted by Gasteiger charge is 2.31. The van der Waals surface area contributed by atoms with Crippen LogP contribution >= 0.6 is 0 Å². The number of amides is 1. The summed E-state index contributed by atoms with van der Waals surface area (Å²) in [6.07, 6.45) is 0.520. The monoisotopic (exact) mass is 503 g/mol. The number of carbonyl (C=O) groups is 1. The highest BCUT2D eigenvalue weighted by atomic mass is 19.4. The minimum atomic E-state index is -4.38. The van der Waals surface area contributed by atoms with Crippen LogP contribution in [0, 0.1) is 6.92 Å². The van der Waals surface area contributed by atoms with Gasteiger partial charge in [-0.05, 0) is 70.0 Å². The van der Waals surface area contributed by atoms with E-state index in [1.54, 1.807) is 0 Å². The summed E-state index contributed by atoms with van der Waals surface area (Å²) in [5.74, 6) is 0.628. The first-order valence-electron chi connectivity index (χ1n) is 12.9. The predicted octanol–water partition coefficient (Wildman–Crippen LogP) is 4.80. The number of benzene rings is 1. The molecule has 9 heteroatoms. The number of hydrogen-bond donors (Lipinski definition) is 1. The van der Waals surface area contributed by atoms with E-state index in [9.17, 15) is 18.0 Å². The van der Waals surface area contributed by atoms with Crippen LogP contribution in [0.4, 0.5) is 24.7 Å². The summed E-state index contributed by atoms with van der Waals surface area (Å²) >= 11 is 0. The molecule has 1 aromatic carbocycles. The minimum absolute atomic E-state index is 0.104. The number of likely N-dealkylation sites (tertiary alicyclic amines) is 1. The van der Waals surface area contributed by atoms with E-state index in [2.05, 4.69) is 51.3 Å². The van der Waals surface area contributed by atoms with Gasteiger partial charge in [-0.2, -0.15) is 13.2 Å². The van der Waals surface area contributed by atoms with Crippen molar-refractivity contribution in [2.45, 2.75) is 51.2 Å². The lowest BCUT2D eigenvalue weighted by Crippen LogP contribution is -2.42. The number of pyridine rings is 1. The summed E-state index contributed by atoms with van der Waals surface area (Å²) in [4.78, 5) is 23.5. The van der Waals surface area contributed by atoms with Gasteiger partial charge in [0.2, 0.25) is 5.91 Å². The van der Waals surface area contributed by atoms with E-state index in [0.29, 0.717) is 25.3 Å². The topological polar surface area (TPSA) is 51.7 Å². The fourth-order valence-electron chi connectivity index (χ4n) is 4.95. The fourth-order valence-corrected chi connectivity index (χ4v) is 4.95. The van der Waals surface area contributed by atoms with Crippen LogP contribution in [-0.4, -0.2) is 72.5 Å². The Balaban J connectivity index is 1.13. The normalized spacial score (nSPS) is 18.2. The Morgan fingerprint density at radius 2 is 1.75 bits per heavy atom. The summed E-state index contributed by atoms with van der Waals surface area (Å²) in [6, 6.07) is 11.2. The molecule has 0 radical (unpaired) electrons. The van der Waals surface area contributed by atoms with Gasteiger partial charge in [-0.3, -0.25) is 4.79 Å². The van der Waals surface area contributed by atoms with Crippen LogP contribution < -0.4 is 10.2 Å². The molecular formula is C27H36F3N5O. The summed E-state index contributed by atoms with van der Waals surface area (Å²) < 4.78 is 38.1. The second-order valence-corrected chi connectivity index (χ2v) is 9.85. The first-order valence-corrected chi connectivity index (χ1v) is 12.9. The maximum Gasteiger partial charge on any atom is 0.417 e. The second kappa shape index (κ2) is 12.0. The van der Waals surface area contributed by atoms with Crippen molar-refractivity contribution < 1.29 is 18.0 Å². The van der Waals surface area contributed by atoms with Crippen molar-refractivity contribution in [1.29, 1.82) is 0 Å². The van der Waals surface area contributed by atoms with Gasteiger partial charge in [0, 0.05) is 57.1 Å². The van der Waals surface area contributed by atoms with Gasteiger partial charge in [0.05, 0.1) is 5.56 Å². The molecule has 3 heterocycles. The molecule has 0 aliphatic carbocycles. The molecule has 0 atom stereocenters. The summed E-state index contributed by atoms with van der Waals surface area (Å²) in [5.41, 5.74) is 1.80. The van der Waals surface area contributed by atoms with E-state index in [1.165, 1.54) is 17.3 Å². The SMILES string of the molecule is Cc1ccc(N2CCCN(CCCC(=O)N3CCC(Nc4ccc(C(F)(F)F)cn4)CC3)CC2)cc1. The van der Waals surface area contributed by atoms with Crippen molar-refractivity contribution in [1.82, 2.24) is 14.8 Å². The lowest BCUT2D eigenvalue weighted by atomic mass is 10.0. The number of carbonyl (C=O) groups excluding carboxylic acids is 1. The molecule has 0 spiro atoms. The molecule has 2 fully saturated rings. The Hall–Kier alpha value is -2.81. The Bertz CT molecular complexity index is 972. The maximum atomic E-state index is 12.7. The zero-order chi connectivity index (χ0) is 25.5. The Morgan fingerprint density at radius 1 is 1.00 bits per heavy atom. The molecular weight excluding hydrogens is 467 g/mol. The Labute approximate surface area is 211 Å². The first kappa shape index (κ1) is 26.3. The van der Waals surface area contributed by atoms with E-state index in [-0.39, 0.29) is 11.9 Å². The fraction of sp³-hybridized carbons (Fsp3) is 0.556. The molecule has 36 heavy (non-hydrogen) atoms. The lowest BCUT2D eigenvalue weighted by molar-refractivity contribution is -0.137. The van der Waals surface area contributed by atoms with Gasteiger partial charge in [-0.15, -0.1) is 0 Å². The van der Waals surface area contributed by atoms with E-state index in [1.807, 2.05) is 4.90 Å². The molecule has 1 N–H and O–H groups in total. The summed E-state index contributed by atoms with van der Waals surface area (Å²) in [5, 5.41) is 3.20. The number of piperidine rings is 1. The van der Waals surface area contributed by atoms with Gasteiger partial charge >= 0.3 is 6.18 Å². The van der Waals surface area contributed by atoms with Crippen LogP contribution in [0.3, 0.4) is 0 Å². The number of aromatic nitrogens is 1. The Kier molecular flexibility index (Phi) is 8.72. The number of halogens is 3. The zero-order valence-electron chi connectivity index (χ0n) is 20.9. The molecule has 2 aliphatic rings. The van der Waals surface area contributed by atoms with Crippen molar-refractivity contribution in [3.05, 3.63) is 53.7 Å². The minimum Gasteiger partial charge on any atom is -0.370 e. The van der Waals surface area contributed by atoms with Crippen LogP contribution in [-0.2, 0) is 11.0 Å². The number of rotatable bonds is 7. The summed E-state index contributed by atoms with van der Waals surface area (Å²) in [6.45, 7) is 8.50. The van der Waals surface area contributed by atoms with Crippen LogP contribution in [0.5, 0.6) is 0 Å². The van der Waals surface area contributed by atoms with Gasteiger partial charge in [0.25, 0.3) is 0 Å². The number of anilines is 2. The molecule has 6 nitrogen and oxygen atoms in total. The molecule has 1 amide bonds. The molecule has 2 aromatic rings. The summed E-state index contributed by atoms with van der Waals surface area (Å²) in [7, 11) is 0. The van der Waals surface area contributed by atoms with Crippen LogP contribution in [0.25, 0.3) is 0 Å². The third-order valence-corrected chi connectivity index (χ3v) is 7.14. The van der Waals surface area contributed by atoms with E-state index in [0.717, 1.165) is 70.7 Å². The molecule has 0 saturated carbocycles. The number of nitrogens with one attached hydrogen (secondary N) is 1. The zero-order valence-corrected chi connectivity index (χ0v) is 20.9. The van der Waals surface area contributed by atoms with Gasteiger partial charge in [-0.1, -0.05) is 17.7 Å². The van der Waals surface area contributed by atoms with Gasteiger partial charge in [0.1, 0.15) is 5.82 Å². The number of aryl methyl sites for hydroxylation is 1. The van der Waals surface area contributed by atoms with E-state index >= 15 is 0 Å². The standard InChI is InChI=1S/C27H36F3N5O/c1-21-5-8-24(9-6-21)34-15-3-14-33(18-19-34)13-2-4-26(36)35-16-11-23(12-17-35)32-25-10-7-22(20-31-25)27(28,29)30/h5-10,20,23H,2-4,11-19H2,1H3,(H,31,32). The van der Waals surface area contributed by atoms with Crippen molar-refractivity contribution in [3.8, 4) is 0 Å². The average molecular weight is 504 g/mol. The van der Waals surface area contributed by atoms with Crippen molar-refractivity contribution in [2.75, 3.05) is 56.0 Å². The number of alkyl halides is 3. The highest BCUT2D eigenvalue weighted by molar-refractivity contribution is 5.76. The first-order chi connectivity index (χ1) is 17.3. The van der Waals surface area contributed by atoms with Crippen molar-refractivity contribution in [3.63, 3.8) is 0 Å². The highest BCUT2D eigenvalue weighted by Crippen LogP contribution is 2.29. The molecule has 196 valence electrons. The lowest BCUT2D eigenvalue weighted by Gasteiger charge is -2.33. The number of nitrogens with zero attached hydrogens (tertiary/aromatic N) is 4. The smallest absolute Gasteiger partial charge is 0.370 e. The van der Waals surface area contributed by atoms with E-state index < -0.39 is 11.7 Å². The second-order valence-electron chi connectivity index (χ2n) is 9.85. The third kappa shape index (κ3) is 7.35. The largest absolute Gasteiger partial charge is 0.417 e. The molecule has 2 aliphatic heterocycles. The molecule has 1 aromatic heterocycles. The van der Waals surface area contributed by atoms with Crippen LogP contribution in [0.2, 0.25) is 0 Å². The van der Waals surface area contributed by atoms with Crippen LogP contribution in [0.1, 0.15) is 43.2 Å². The maximum absolute atomic E-state index is 12.7. The molecule has 0 unspecified atom stereocenters. The molecule has 0 bridgehead atoms. The number of hydrogen-bond acceptors (Lipinski definition) is 5. The van der Waals surface area contributed by atoms with Crippen molar-refractivity contribution in [2.24, 2.45) is 0 Å².